The molecule has 1 fully saturated rings. The van der Waals surface area contributed by atoms with Crippen molar-refractivity contribution >= 4 is 5.69 Å². The first-order valence-electron chi connectivity index (χ1n) is 6.71. The molecule has 1 aromatic carbocycles. The van der Waals surface area contributed by atoms with Crippen molar-refractivity contribution in [1.82, 2.24) is 5.32 Å². The second-order valence-electron chi connectivity index (χ2n) is 6.01. The Bertz CT molecular complexity index is 380. The average molecular weight is 248 g/mol. The van der Waals surface area contributed by atoms with Gasteiger partial charge in [0.05, 0.1) is 0 Å². The van der Waals surface area contributed by atoms with Crippen LogP contribution >= 0.6 is 0 Å². The van der Waals surface area contributed by atoms with Crippen molar-refractivity contribution in [1.29, 1.82) is 0 Å². The van der Waals surface area contributed by atoms with Gasteiger partial charge in [0.2, 0.25) is 0 Å². The van der Waals surface area contributed by atoms with Crippen molar-refractivity contribution in [3.05, 3.63) is 24.3 Å². The summed E-state index contributed by atoms with van der Waals surface area (Å²) in [6.07, 6.45) is 0. The van der Waals surface area contributed by atoms with Gasteiger partial charge in [-0.2, -0.15) is 0 Å². The third-order valence-electron chi connectivity index (χ3n) is 2.99. The lowest BCUT2D eigenvalue weighted by atomic mass is 10.1. The van der Waals surface area contributed by atoms with E-state index in [2.05, 4.69) is 62.2 Å². The highest BCUT2D eigenvalue weighted by Gasteiger charge is 2.16. The van der Waals surface area contributed by atoms with Crippen LogP contribution in [0.1, 0.15) is 27.7 Å². The Labute approximate surface area is 110 Å². The quantitative estimate of drug-likeness (QED) is 0.871. The fraction of sp³-hybridized carbons (Fsp3) is 0.600. The monoisotopic (exact) mass is 248 g/mol. The van der Waals surface area contributed by atoms with Crippen LogP contribution in [0.15, 0.2) is 24.3 Å². The number of benzene rings is 1. The zero-order valence-electron chi connectivity index (χ0n) is 11.9. The summed E-state index contributed by atoms with van der Waals surface area (Å²) in [6.45, 7) is 11.6. The second kappa shape index (κ2) is 5.19. The first-order chi connectivity index (χ1) is 8.44. The molecule has 0 saturated carbocycles. The molecule has 0 spiro atoms. The molecule has 1 atom stereocenters. The smallest absolute Gasteiger partial charge is 0.120 e. The first-order valence-corrected chi connectivity index (χ1v) is 6.71. The molecule has 2 rings (SSSR count). The highest BCUT2D eigenvalue weighted by molar-refractivity contribution is 5.49. The Morgan fingerprint density at radius 2 is 1.89 bits per heavy atom. The predicted octanol–water partition coefficient (Wildman–Crippen LogP) is 2.66. The maximum Gasteiger partial charge on any atom is 0.120 e. The van der Waals surface area contributed by atoms with Crippen LogP contribution in [-0.4, -0.2) is 31.3 Å². The summed E-state index contributed by atoms with van der Waals surface area (Å²) in [7, 11) is 0. The van der Waals surface area contributed by atoms with Gasteiger partial charge in [-0.3, -0.25) is 0 Å². The summed E-state index contributed by atoms with van der Waals surface area (Å²) in [5.74, 6) is 0.939. The maximum atomic E-state index is 5.83. The van der Waals surface area contributed by atoms with Crippen LogP contribution in [0.3, 0.4) is 0 Å². The SMILES string of the molecule is CC1CN(c2ccc(OC(C)(C)C)cc2)CCN1. The lowest BCUT2D eigenvalue weighted by Gasteiger charge is -2.33. The van der Waals surface area contributed by atoms with E-state index in [-0.39, 0.29) is 5.60 Å². The van der Waals surface area contributed by atoms with E-state index in [0.29, 0.717) is 6.04 Å². The van der Waals surface area contributed by atoms with Crippen LogP contribution < -0.4 is 15.0 Å². The summed E-state index contributed by atoms with van der Waals surface area (Å²) in [5, 5.41) is 3.46. The first kappa shape index (κ1) is 13.2. The molecule has 0 bridgehead atoms. The largest absolute Gasteiger partial charge is 0.488 e. The van der Waals surface area contributed by atoms with Gasteiger partial charge in [0, 0.05) is 31.4 Å². The molecule has 1 aliphatic heterocycles. The predicted molar refractivity (Wildman–Crippen MR) is 76.5 cm³/mol. The zero-order chi connectivity index (χ0) is 13.2. The summed E-state index contributed by atoms with van der Waals surface area (Å²) >= 11 is 0. The van der Waals surface area contributed by atoms with E-state index in [4.69, 9.17) is 4.74 Å². The molecule has 18 heavy (non-hydrogen) atoms. The molecule has 1 unspecified atom stereocenters. The van der Waals surface area contributed by atoms with E-state index in [0.717, 1.165) is 25.4 Å². The normalized spacial score (nSPS) is 20.9. The van der Waals surface area contributed by atoms with Gasteiger partial charge in [0.1, 0.15) is 11.4 Å². The molecule has 1 aromatic rings. The zero-order valence-corrected chi connectivity index (χ0v) is 11.9. The van der Waals surface area contributed by atoms with Crippen LogP contribution in [0.25, 0.3) is 0 Å². The number of piperazine rings is 1. The van der Waals surface area contributed by atoms with E-state index >= 15 is 0 Å². The van der Waals surface area contributed by atoms with Gasteiger partial charge < -0.3 is 15.0 Å². The lowest BCUT2D eigenvalue weighted by Crippen LogP contribution is -2.49. The molecule has 0 radical (unpaired) electrons. The number of ether oxygens (including phenoxy) is 1. The van der Waals surface area contributed by atoms with Gasteiger partial charge in [-0.15, -0.1) is 0 Å². The minimum absolute atomic E-state index is 0.134. The molecule has 1 heterocycles. The Morgan fingerprint density at radius 1 is 1.22 bits per heavy atom. The van der Waals surface area contributed by atoms with E-state index in [1.165, 1.54) is 5.69 Å². The summed E-state index contributed by atoms with van der Waals surface area (Å²) in [5.41, 5.74) is 1.15. The number of rotatable bonds is 2. The molecule has 3 heteroatoms. The van der Waals surface area contributed by atoms with E-state index in [1.807, 2.05) is 0 Å². The topological polar surface area (TPSA) is 24.5 Å². The van der Waals surface area contributed by atoms with Crippen LogP contribution in [0.2, 0.25) is 0 Å². The van der Waals surface area contributed by atoms with Gasteiger partial charge in [0.25, 0.3) is 0 Å². The van der Waals surface area contributed by atoms with Crippen LogP contribution in [-0.2, 0) is 0 Å². The number of nitrogens with zero attached hydrogens (tertiary/aromatic N) is 1. The standard InChI is InChI=1S/C15H24N2O/c1-12-11-17(10-9-16-12)13-5-7-14(8-6-13)18-15(2,3)4/h5-8,12,16H,9-11H2,1-4H3. The summed E-state index contributed by atoms with van der Waals surface area (Å²) < 4.78 is 5.83. The van der Waals surface area contributed by atoms with Crippen molar-refractivity contribution in [2.24, 2.45) is 0 Å². The van der Waals surface area contributed by atoms with Gasteiger partial charge in [-0.05, 0) is 52.0 Å². The van der Waals surface area contributed by atoms with Crippen molar-refractivity contribution in [3.8, 4) is 5.75 Å². The summed E-state index contributed by atoms with van der Waals surface area (Å²) in [6, 6.07) is 8.99. The van der Waals surface area contributed by atoms with E-state index < -0.39 is 0 Å². The molecule has 1 aliphatic rings. The fourth-order valence-electron chi connectivity index (χ4n) is 2.25. The van der Waals surface area contributed by atoms with Gasteiger partial charge in [-0.1, -0.05) is 0 Å². The Kier molecular flexibility index (Phi) is 3.81. The van der Waals surface area contributed by atoms with Crippen molar-refractivity contribution < 1.29 is 4.74 Å². The summed E-state index contributed by atoms with van der Waals surface area (Å²) in [4.78, 5) is 2.42. The van der Waals surface area contributed by atoms with Gasteiger partial charge in [0.15, 0.2) is 0 Å². The van der Waals surface area contributed by atoms with Crippen molar-refractivity contribution in [2.75, 3.05) is 24.5 Å². The molecule has 3 nitrogen and oxygen atoms in total. The number of hydrogen-bond acceptors (Lipinski definition) is 3. The molecule has 0 amide bonds. The fourth-order valence-corrected chi connectivity index (χ4v) is 2.25. The maximum absolute atomic E-state index is 5.83. The van der Waals surface area contributed by atoms with Gasteiger partial charge in [-0.25, -0.2) is 0 Å². The number of nitrogens with one attached hydrogen (secondary N) is 1. The molecule has 0 aromatic heterocycles. The van der Waals surface area contributed by atoms with E-state index in [1.54, 1.807) is 0 Å². The third-order valence-corrected chi connectivity index (χ3v) is 2.99. The lowest BCUT2D eigenvalue weighted by molar-refractivity contribution is 0.131. The molecule has 0 aliphatic carbocycles. The number of anilines is 1. The molecule has 1 saturated heterocycles. The number of hydrogen-bond donors (Lipinski definition) is 1. The molecule has 1 N–H and O–H groups in total. The van der Waals surface area contributed by atoms with Crippen LogP contribution in [0.5, 0.6) is 5.75 Å². The molecule has 100 valence electrons. The Hall–Kier alpha value is -1.22. The minimum Gasteiger partial charge on any atom is -0.488 e. The molecular weight excluding hydrogens is 224 g/mol. The minimum atomic E-state index is -0.134. The Morgan fingerprint density at radius 3 is 2.44 bits per heavy atom. The van der Waals surface area contributed by atoms with Crippen LogP contribution in [0.4, 0.5) is 5.69 Å². The van der Waals surface area contributed by atoms with Crippen molar-refractivity contribution in [3.63, 3.8) is 0 Å². The third kappa shape index (κ3) is 3.64. The van der Waals surface area contributed by atoms with E-state index in [9.17, 15) is 0 Å². The Balaban J connectivity index is 2.03. The van der Waals surface area contributed by atoms with Gasteiger partial charge >= 0.3 is 0 Å². The highest BCUT2D eigenvalue weighted by atomic mass is 16.5. The average Bonchev–Trinajstić information content (AvgIpc) is 2.28. The van der Waals surface area contributed by atoms with Crippen molar-refractivity contribution in [2.45, 2.75) is 39.3 Å². The highest BCUT2D eigenvalue weighted by Crippen LogP contribution is 2.23. The molecular formula is C15H24N2O. The van der Waals surface area contributed by atoms with Crippen LogP contribution in [0, 0.1) is 0 Å². The second-order valence-corrected chi connectivity index (χ2v) is 6.01.